The Morgan fingerprint density at radius 3 is 2.48 bits per heavy atom. The molecule has 0 aliphatic heterocycles. The molecule has 0 aromatic heterocycles. The summed E-state index contributed by atoms with van der Waals surface area (Å²) in [6.45, 7) is 3.94. The summed E-state index contributed by atoms with van der Waals surface area (Å²) in [5.74, 6) is -1.08. The van der Waals surface area contributed by atoms with Crippen molar-refractivity contribution < 1.29 is 24.9 Å². The highest BCUT2D eigenvalue weighted by molar-refractivity contribution is 5.84. The van der Waals surface area contributed by atoms with Crippen molar-refractivity contribution in [3.05, 3.63) is 12.2 Å². The van der Waals surface area contributed by atoms with Crippen LogP contribution < -0.4 is 0 Å². The number of hydrogen-bond donors (Lipinski definition) is 3. The fourth-order valence-electron chi connectivity index (χ4n) is 3.90. The van der Waals surface area contributed by atoms with Crippen LogP contribution in [0.3, 0.4) is 0 Å². The van der Waals surface area contributed by atoms with E-state index >= 15 is 0 Å². The number of ketones is 1. The van der Waals surface area contributed by atoms with Crippen molar-refractivity contribution in [3.63, 3.8) is 0 Å². The van der Waals surface area contributed by atoms with Crippen LogP contribution in [0.1, 0.15) is 90.9 Å². The monoisotopic (exact) mass is 382 g/mol. The van der Waals surface area contributed by atoms with Crippen molar-refractivity contribution >= 4 is 11.8 Å². The van der Waals surface area contributed by atoms with Gasteiger partial charge in [-0.1, -0.05) is 64.0 Å². The Morgan fingerprint density at radius 1 is 1.15 bits per heavy atom. The van der Waals surface area contributed by atoms with Crippen LogP contribution >= 0.6 is 0 Å². The molecule has 1 rings (SSSR count). The van der Waals surface area contributed by atoms with E-state index < -0.39 is 17.7 Å². The summed E-state index contributed by atoms with van der Waals surface area (Å²) in [4.78, 5) is 22.8. The highest BCUT2D eigenvalue weighted by Gasteiger charge is 2.39. The van der Waals surface area contributed by atoms with Gasteiger partial charge in [-0.2, -0.15) is 0 Å². The quantitative estimate of drug-likeness (QED) is 0.308. The molecule has 5 nitrogen and oxygen atoms in total. The van der Waals surface area contributed by atoms with Crippen molar-refractivity contribution in [1.29, 1.82) is 0 Å². The van der Waals surface area contributed by atoms with E-state index in [0.29, 0.717) is 12.8 Å². The van der Waals surface area contributed by atoms with Gasteiger partial charge in [0.1, 0.15) is 5.78 Å². The highest BCUT2D eigenvalue weighted by Crippen LogP contribution is 2.35. The molecule has 1 aliphatic carbocycles. The first kappa shape index (κ1) is 23.8. The summed E-state index contributed by atoms with van der Waals surface area (Å²) in [5, 5.41) is 29.4. The number of carboxylic acids is 1. The van der Waals surface area contributed by atoms with Gasteiger partial charge in [-0.25, -0.2) is 0 Å². The summed E-state index contributed by atoms with van der Waals surface area (Å²) in [5.41, 5.74) is -0.902. The lowest BCUT2D eigenvalue weighted by atomic mass is 9.87. The van der Waals surface area contributed by atoms with E-state index in [1.807, 2.05) is 6.08 Å². The fraction of sp³-hybridized carbons (Fsp3) is 0.818. The molecular formula is C22H38O5. The van der Waals surface area contributed by atoms with E-state index in [4.69, 9.17) is 5.11 Å². The van der Waals surface area contributed by atoms with Gasteiger partial charge in [0.25, 0.3) is 0 Å². The number of unbranched alkanes of at least 4 members (excludes halogenated alkanes) is 6. The Kier molecular flexibility index (Phi) is 10.9. The molecule has 0 unspecified atom stereocenters. The van der Waals surface area contributed by atoms with Crippen LogP contribution in [0.5, 0.6) is 0 Å². The van der Waals surface area contributed by atoms with Gasteiger partial charge in [0.15, 0.2) is 0 Å². The third kappa shape index (κ3) is 9.52. The normalized spacial score (nSPS) is 25.2. The Bertz CT molecular complexity index is 483. The zero-order chi connectivity index (χ0) is 20.3. The molecular weight excluding hydrogens is 344 g/mol. The topological polar surface area (TPSA) is 94.8 Å². The van der Waals surface area contributed by atoms with Crippen LogP contribution in [0.4, 0.5) is 0 Å². The molecule has 3 N–H and O–H groups in total. The van der Waals surface area contributed by atoms with Gasteiger partial charge in [0, 0.05) is 24.7 Å². The summed E-state index contributed by atoms with van der Waals surface area (Å²) in [6.07, 6.45) is 12.4. The van der Waals surface area contributed by atoms with E-state index in [-0.39, 0.29) is 30.5 Å². The first-order valence-corrected chi connectivity index (χ1v) is 10.6. The lowest BCUT2D eigenvalue weighted by Gasteiger charge is -2.22. The molecule has 0 amide bonds. The van der Waals surface area contributed by atoms with E-state index in [2.05, 4.69) is 6.92 Å². The number of aliphatic hydroxyl groups excluding tert-OH is 1. The standard InChI is InChI=1S/C22H38O5/c1-3-4-5-10-14-22(2,27)15-13-18-17(19(23)16-20(18)24)11-8-6-7-9-12-21(25)26/h13,15,17-18,20,24,27H,3-12,14,16H2,1-2H3,(H,25,26)/b15-13+/t17-,18-,20+,22-/m1/s1. The van der Waals surface area contributed by atoms with Gasteiger partial charge in [-0.3, -0.25) is 9.59 Å². The minimum absolute atomic E-state index is 0.102. The third-order valence-corrected chi connectivity index (χ3v) is 5.60. The number of rotatable bonds is 14. The summed E-state index contributed by atoms with van der Waals surface area (Å²) in [6, 6.07) is 0. The van der Waals surface area contributed by atoms with Crippen LogP contribution in [0.2, 0.25) is 0 Å². The van der Waals surface area contributed by atoms with E-state index in [1.165, 1.54) is 6.42 Å². The molecule has 0 aromatic rings. The molecule has 0 aromatic carbocycles. The molecule has 0 radical (unpaired) electrons. The van der Waals surface area contributed by atoms with E-state index in [1.54, 1.807) is 13.0 Å². The highest BCUT2D eigenvalue weighted by atomic mass is 16.4. The van der Waals surface area contributed by atoms with Gasteiger partial charge in [0.2, 0.25) is 0 Å². The Labute approximate surface area is 163 Å². The van der Waals surface area contributed by atoms with Crippen molar-refractivity contribution in [2.45, 2.75) is 103 Å². The molecule has 1 fully saturated rings. The Morgan fingerprint density at radius 2 is 1.81 bits per heavy atom. The average molecular weight is 383 g/mol. The van der Waals surface area contributed by atoms with E-state index in [9.17, 15) is 19.8 Å². The van der Waals surface area contributed by atoms with Crippen LogP contribution in [-0.2, 0) is 9.59 Å². The van der Waals surface area contributed by atoms with Crippen molar-refractivity contribution in [3.8, 4) is 0 Å². The third-order valence-electron chi connectivity index (χ3n) is 5.60. The SMILES string of the molecule is CCCCCC[C@@](C)(O)/C=C/[C@H]1[C@@H](O)CC(=O)[C@@H]1CCCCCCC(=O)O. The predicted octanol–water partition coefficient (Wildman–Crippen LogP) is 4.26. The molecule has 0 saturated heterocycles. The van der Waals surface area contributed by atoms with Gasteiger partial charge in [0.05, 0.1) is 11.7 Å². The molecule has 0 bridgehead atoms. The van der Waals surface area contributed by atoms with Crippen LogP contribution in [0, 0.1) is 11.8 Å². The second-order valence-electron chi connectivity index (χ2n) is 8.30. The minimum Gasteiger partial charge on any atom is -0.481 e. The maximum atomic E-state index is 12.2. The average Bonchev–Trinajstić information content (AvgIpc) is 2.86. The number of hydrogen-bond acceptors (Lipinski definition) is 4. The molecule has 0 spiro atoms. The maximum Gasteiger partial charge on any atom is 0.303 e. The molecule has 4 atom stereocenters. The molecule has 0 heterocycles. The van der Waals surface area contributed by atoms with Gasteiger partial charge in [-0.05, 0) is 26.2 Å². The lowest BCUT2D eigenvalue weighted by Crippen LogP contribution is -2.23. The lowest BCUT2D eigenvalue weighted by molar-refractivity contribution is -0.137. The largest absolute Gasteiger partial charge is 0.481 e. The molecule has 5 heteroatoms. The van der Waals surface area contributed by atoms with Gasteiger partial charge in [-0.15, -0.1) is 0 Å². The second kappa shape index (κ2) is 12.3. The predicted molar refractivity (Wildman–Crippen MR) is 106 cm³/mol. The molecule has 1 aliphatic rings. The fourth-order valence-corrected chi connectivity index (χ4v) is 3.90. The zero-order valence-corrected chi connectivity index (χ0v) is 17.0. The second-order valence-corrected chi connectivity index (χ2v) is 8.30. The molecule has 156 valence electrons. The number of aliphatic hydroxyl groups is 2. The number of carbonyl (C=O) groups is 2. The first-order chi connectivity index (χ1) is 12.8. The number of carbonyl (C=O) groups excluding carboxylic acids is 1. The van der Waals surface area contributed by atoms with Crippen molar-refractivity contribution in [1.82, 2.24) is 0 Å². The molecule has 1 saturated carbocycles. The number of aliphatic carboxylic acids is 1. The van der Waals surface area contributed by atoms with Crippen LogP contribution in [0.15, 0.2) is 12.2 Å². The summed E-state index contributed by atoms with van der Waals surface area (Å²) < 4.78 is 0. The molecule has 27 heavy (non-hydrogen) atoms. The van der Waals surface area contributed by atoms with Crippen LogP contribution in [-0.4, -0.2) is 38.8 Å². The van der Waals surface area contributed by atoms with Crippen LogP contribution in [0.25, 0.3) is 0 Å². The number of carboxylic acid groups (broad SMARTS) is 1. The zero-order valence-electron chi connectivity index (χ0n) is 17.0. The van der Waals surface area contributed by atoms with Gasteiger partial charge >= 0.3 is 5.97 Å². The Balaban J connectivity index is 2.47. The minimum atomic E-state index is -0.902. The first-order valence-electron chi connectivity index (χ1n) is 10.6. The van der Waals surface area contributed by atoms with Gasteiger partial charge < -0.3 is 15.3 Å². The Hall–Kier alpha value is -1.20. The smallest absolute Gasteiger partial charge is 0.303 e. The van der Waals surface area contributed by atoms with E-state index in [0.717, 1.165) is 44.9 Å². The maximum absolute atomic E-state index is 12.2. The summed E-state index contributed by atoms with van der Waals surface area (Å²) >= 11 is 0. The van der Waals surface area contributed by atoms with Crippen molar-refractivity contribution in [2.75, 3.05) is 0 Å². The summed E-state index contributed by atoms with van der Waals surface area (Å²) in [7, 11) is 0. The number of Topliss-reactive ketones (excluding diaryl/α,β-unsaturated/α-hetero) is 1. The van der Waals surface area contributed by atoms with Crippen molar-refractivity contribution in [2.24, 2.45) is 11.8 Å².